The van der Waals surface area contributed by atoms with E-state index in [4.69, 9.17) is 5.73 Å². The van der Waals surface area contributed by atoms with Crippen molar-refractivity contribution in [3.63, 3.8) is 0 Å². The van der Waals surface area contributed by atoms with Crippen LogP contribution in [-0.2, 0) is 13.5 Å². The summed E-state index contributed by atoms with van der Waals surface area (Å²) >= 11 is 0. The number of benzene rings is 2. The maximum Gasteiger partial charge on any atom is 0.350 e. The Bertz CT molecular complexity index is 1590. The van der Waals surface area contributed by atoms with Gasteiger partial charge in [0.1, 0.15) is 12.1 Å². The molecule has 1 fully saturated rings. The predicted octanol–water partition coefficient (Wildman–Crippen LogP) is 3.05. The third kappa shape index (κ3) is 4.16. The Kier molecular flexibility index (Phi) is 6.08. The molecule has 188 valence electrons. The Morgan fingerprint density at radius 3 is 2.51 bits per heavy atom. The molecule has 10 heteroatoms. The molecular formula is C27H27N7O3. The van der Waals surface area contributed by atoms with E-state index < -0.39 is 5.91 Å². The number of hydrogen-bond donors (Lipinski definition) is 1. The smallest absolute Gasteiger partial charge is 0.350 e. The number of aromatic nitrogens is 4. The van der Waals surface area contributed by atoms with Gasteiger partial charge in [0.2, 0.25) is 5.91 Å². The van der Waals surface area contributed by atoms with Gasteiger partial charge in [0.25, 0.3) is 0 Å². The number of rotatable bonds is 6. The normalized spacial score (nSPS) is 13.4. The largest absolute Gasteiger partial charge is 0.366 e. The Labute approximate surface area is 213 Å². The van der Waals surface area contributed by atoms with Crippen molar-refractivity contribution < 1.29 is 9.59 Å². The molecule has 0 spiro atoms. The summed E-state index contributed by atoms with van der Waals surface area (Å²) in [6.07, 6.45) is 3.89. The lowest BCUT2D eigenvalue weighted by Gasteiger charge is -2.22. The maximum absolute atomic E-state index is 13.4. The standard InChI is InChI=1S/C27H27N7O3/c1-4-21-22(18-8-9-23(17(2)14-18)34-16-30-31(3)26(34)36)10-11-29-25(21)33-13-12-32(27(33)37)20-7-5-6-19(15-20)24(28)35/h5-11,14-16H,4,12-13H2,1-3H3,(H2,28,35). The highest BCUT2D eigenvalue weighted by atomic mass is 16.2. The maximum atomic E-state index is 13.4. The van der Waals surface area contributed by atoms with E-state index in [-0.39, 0.29) is 11.7 Å². The molecule has 3 amide bonds. The second-order valence-corrected chi connectivity index (χ2v) is 8.92. The minimum absolute atomic E-state index is 0.205. The molecule has 0 saturated carbocycles. The van der Waals surface area contributed by atoms with Crippen molar-refractivity contribution in [1.82, 2.24) is 19.3 Å². The first-order valence-corrected chi connectivity index (χ1v) is 12.0. The van der Waals surface area contributed by atoms with Gasteiger partial charge in [-0.1, -0.05) is 19.1 Å². The molecule has 37 heavy (non-hydrogen) atoms. The molecule has 0 unspecified atom stereocenters. The van der Waals surface area contributed by atoms with Crippen LogP contribution in [0.4, 0.5) is 16.3 Å². The summed E-state index contributed by atoms with van der Waals surface area (Å²) in [6.45, 7) is 4.91. The van der Waals surface area contributed by atoms with Gasteiger partial charge < -0.3 is 5.73 Å². The molecule has 0 bridgehead atoms. The first-order chi connectivity index (χ1) is 17.8. The number of primary amides is 1. The van der Waals surface area contributed by atoms with Crippen molar-refractivity contribution in [1.29, 1.82) is 0 Å². The number of pyridine rings is 1. The van der Waals surface area contributed by atoms with E-state index in [9.17, 15) is 14.4 Å². The van der Waals surface area contributed by atoms with Gasteiger partial charge >= 0.3 is 11.7 Å². The number of hydrogen-bond acceptors (Lipinski definition) is 5. The number of nitrogens with zero attached hydrogens (tertiary/aromatic N) is 6. The zero-order valence-corrected chi connectivity index (χ0v) is 20.9. The van der Waals surface area contributed by atoms with Gasteiger partial charge in [-0.2, -0.15) is 5.10 Å². The van der Waals surface area contributed by atoms with Crippen LogP contribution in [0.2, 0.25) is 0 Å². The van der Waals surface area contributed by atoms with Crippen LogP contribution in [0.3, 0.4) is 0 Å². The predicted molar refractivity (Wildman–Crippen MR) is 141 cm³/mol. The molecule has 4 aromatic rings. The molecule has 0 aliphatic carbocycles. The van der Waals surface area contributed by atoms with E-state index in [0.29, 0.717) is 36.6 Å². The summed E-state index contributed by atoms with van der Waals surface area (Å²) in [6, 6.07) is 14.4. The topological polar surface area (TPSA) is 119 Å². The molecule has 2 aromatic heterocycles. The number of carbonyl (C=O) groups is 2. The van der Waals surface area contributed by atoms with Crippen LogP contribution in [0.25, 0.3) is 16.8 Å². The van der Waals surface area contributed by atoms with E-state index in [1.807, 2.05) is 38.1 Å². The van der Waals surface area contributed by atoms with E-state index in [0.717, 1.165) is 27.9 Å². The molecule has 1 saturated heterocycles. The van der Waals surface area contributed by atoms with Gasteiger partial charge in [-0.25, -0.2) is 23.8 Å². The third-order valence-corrected chi connectivity index (χ3v) is 6.68. The minimum atomic E-state index is -0.539. The quantitative estimate of drug-likeness (QED) is 0.439. The highest BCUT2D eigenvalue weighted by molar-refractivity contribution is 6.07. The summed E-state index contributed by atoms with van der Waals surface area (Å²) in [5.41, 5.74) is 10.8. The zero-order chi connectivity index (χ0) is 26.3. The first kappa shape index (κ1) is 24.0. The van der Waals surface area contributed by atoms with Crippen LogP contribution in [0, 0.1) is 6.92 Å². The fourth-order valence-corrected chi connectivity index (χ4v) is 4.78. The van der Waals surface area contributed by atoms with Gasteiger partial charge in [-0.05, 0) is 66.4 Å². The van der Waals surface area contributed by atoms with Gasteiger partial charge in [0.15, 0.2) is 0 Å². The second-order valence-electron chi connectivity index (χ2n) is 8.92. The summed E-state index contributed by atoms with van der Waals surface area (Å²) < 4.78 is 2.81. The Morgan fingerprint density at radius 2 is 1.84 bits per heavy atom. The number of urea groups is 1. The number of carbonyl (C=O) groups excluding carboxylic acids is 2. The van der Waals surface area contributed by atoms with Crippen molar-refractivity contribution in [2.24, 2.45) is 12.8 Å². The Balaban J connectivity index is 1.49. The molecule has 2 aromatic carbocycles. The number of anilines is 2. The highest BCUT2D eigenvalue weighted by Crippen LogP contribution is 2.34. The fraction of sp³-hybridized carbons (Fsp3) is 0.222. The molecule has 1 aliphatic heterocycles. The summed E-state index contributed by atoms with van der Waals surface area (Å²) in [5, 5.41) is 4.04. The summed E-state index contributed by atoms with van der Waals surface area (Å²) in [5.74, 6) is 0.0754. The van der Waals surface area contributed by atoms with Gasteiger partial charge in [0.05, 0.1) is 5.69 Å². The van der Waals surface area contributed by atoms with Crippen molar-refractivity contribution in [2.45, 2.75) is 20.3 Å². The SMILES string of the molecule is CCc1c(-c2ccc(-n3cnn(C)c3=O)c(C)c2)ccnc1N1CCN(c2cccc(C(N)=O)c2)C1=O. The summed E-state index contributed by atoms with van der Waals surface area (Å²) in [4.78, 5) is 45.3. The first-order valence-electron chi connectivity index (χ1n) is 12.0. The molecule has 0 radical (unpaired) electrons. The lowest BCUT2D eigenvalue weighted by molar-refractivity contribution is 0.1000. The molecule has 2 N–H and O–H groups in total. The van der Waals surface area contributed by atoms with E-state index in [1.165, 1.54) is 15.6 Å². The van der Waals surface area contributed by atoms with Gasteiger partial charge in [-0.15, -0.1) is 0 Å². The van der Waals surface area contributed by atoms with E-state index >= 15 is 0 Å². The monoisotopic (exact) mass is 497 g/mol. The lowest BCUT2D eigenvalue weighted by Crippen LogP contribution is -2.33. The number of aryl methyl sites for hydroxylation is 2. The van der Waals surface area contributed by atoms with Crippen LogP contribution in [-0.4, -0.2) is 44.4 Å². The molecule has 10 nitrogen and oxygen atoms in total. The fourth-order valence-electron chi connectivity index (χ4n) is 4.78. The molecule has 3 heterocycles. The number of nitrogens with two attached hydrogens (primary N) is 1. The van der Waals surface area contributed by atoms with Crippen LogP contribution in [0.5, 0.6) is 0 Å². The highest BCUT2D eigenvalue weighted by Gasteiger charge is 2.33. The van der Waals surface area contributed by atoms with E-state index in [2.05, 4.69) is 10.1 Å². The van der Waals surface area contributed by atoms with Crippen LogP contribution >= 0.6 is 0 Å². The second kappa shape index (κ2) is 9.38. The Morgan fingerprint density at radius 1 is 1.05 bits per heavy atom. The molecular weight excluding hydrogens is 470 g/mol. The average Bonchev–Trinajstić information content (AvgIpc) is 3.45. The van der Waals surface area contributed by atoms with Crippen LogP contribution < -0.4 is 21.2 Å². The van der Waals surface area contributed by atoms with Crippen LogP contribution in [0.1, 0.15) is 28.4 Å². The van der Waals surface area contributed by atoms with E-state index in [1.54, 1.807) is 47.3 Å². The Hall–Kier alpha value is -4.73. The third-order valence-electron chi connectivity index (χ3n) is 6.68. The number of amides is 3. The molecule has 0 atom stereocenters. The zero-order valence-electron chi connectivity index (χ0n) is 20.9. The van der Waals surface area contributed by atoms with Crippen LogP contribution in [0.15, 0.2) is 65.8 Å². The van der Waals surface area contributed by atoms with Crippen molar-refractivity contribution >= 4 is 23.4 Å². The van der Waals surface area contributed by atoms with Crippen molar-refractivity contribution in [2.75, 3.05) is 22.9 Å². The average molecular weight is 498 g/mol. The van der Waals surface area contributed by atoms with Gasteiger partial charge in [0, 0.05) is 43.1 Å². The summed E-state index contributed by atoms with van der Waals surface area (Å²) in [7, 11) is 1.61. The minimum Gasteiger partial charge on any atom is -0.366 e. The molecule has 5 rings (SSSR count). The van der Waals surface area contributed by atoms with Crippen molar-refractivity contribution in [3.8, 4) is 16.8 Å². The lowest BCUT2D eigenvalue weighted by atomic mass is 9.97. The van der Waals surface area contributed by atoms with Gasteiger partial charge in [-0.3, -0.25) is 14.6 Å². The van der Waals surface area contributed by atoms with Crippen molar-refractivity contribution in [3.05, 3.63) is 88.2 Å². The molecule has 1 aliphatic rings.